The second kappa shape index (κ2) is 13.2. The zero-order valence-electron chi connectivity index (χ0n) is 12.6. The predicted molar refractivity (Wildman–Crippen MR) is 81.4 cm³/mol. The molecule has 1 aliphatic carbocycles. The monoisotopic (exact) mass is 237 g/mol. The summed E-state index contributed by atoms with van der Waals surface area (Å²) in [5, 5.41) is 3.33. The summed E-state index contributed by atoms with van der Waals surface area (Å²) in [7, 11) is 2.02. The lowest BCUT2D eigenvalue weighted by Crippen LogP contribution is -2.23. The topological polar surface area (TPSA) is 12.0 Å². The zero-order valence-corrected chi connectivity index (χ0v) is 12.6. The molecule has 0 saturated carbocycles. The van der Waals surface area contributed by atoms with E-state index in [0.717, 1.165) is 6.42 Å². The fraction of sp³-hybridized carbons (Fsp3) is 0.625. The normalized spacial score (nSPS) is 18.4. The van der Waals surface area contributed by atoms with E-state index < -0.39 is 0 Å². The molecule has 100 valence electrons. The maximum atomic E-state index is 3.85. The fourth-order valence-corrected chi connectivity index (χ4v) is 1.81. The van der Waals surface area contributed by atoms with Gasteiger partial charge in [-0.1, -0.05) is 59.4 Å². The number of rotatable bonds is 4. The molecule has 1 heteroatoms. The Kier molecular flexibility index (Phi) is 14.4. The number of allylic oxidation sites excluding steroid dienone is 3. The molecule has 1 atom stereocenters. The molecule has 1 rings (SSSR count). The first-order chi connectivity index (χ1) is 8.33. The largest absolute Gasteiger partial charge is 0.313 e. The lowest BCUT2D eigenvalue weighted by Gasteiger charge is -2.10. The molecule has 1 unspecified atom stereocenters. The molecule has 1 aliphatic rings. The average molecular weight is 237 g/mol. The second-order valence-corrected chi connectivity index (χ2v) is 3.38. The van der Waals surface area contributed by atoms with Gasteiger partial charge in [-0.25, -0.2) is 0 Å². The quantitative estimate of drug-likeness (QED) is 0.735. The third-order valence-corrected chi connectivity index (χ3v) is 2.58. The smallest absolute Gasteiger partial charge is 0.0323 e. The highest BCUT2D eigenvalue weighted by molar-refractivity contribution is 5.40. The molecular weight excluding hydrogens is 206 g/mol. The summed E-state index contributed by atoms with van der Waals surface area (Å²) in [5.41, 5.74) is 2.84. The van der Waals surface area contributed by atoms with Crippen LogP contribution >= 0.6 is 0 Å². The van der Waals surface area contributed by atoms with Crippen molar-refractivity contribution >= 4 is 0 Å². The van der Waals surface area contributed by atoms with Crippen LogP contribution in [0.15, 0.2) is 36.0 Å². The van der Waals surface area contributed by atoms with Crippen LogP contribution in [0, 0.1) is 0 Å². The van der Waals surface area contributed by atoms with Crippen molar-refractivity contribution in [1.82, 2.24) is 5.32 Å². The van der Waals surface area contributed by atoms with E-state index >= 15 is 0 Å². The van der Waals surface area contributed by atoms with Crippen molar-refractivity contribution in [3.05, 3.63) is 36.0 Å². The van der Waals surface area contributed by atoms with Gasteiger partial charge in [-0.15, -0.1) is 0 Å². The van der Waals surface area contributed by atoms with Gasteiger partial charge in [0.1, 0.15) is 0 Å². The van der Waals surface area contributed by atoms with Crippen molar-refractivity contribution in [2.45, 2.75) is 59.9 Å². The molecule has 0 aromatic heterocycles. The molecule has 17 heavy (non-hydrogen) atoms. The van der Waals surface area contributed by atoms with E-state index in [1.165, 1.54) is 24.0 Å². The second-order valence-electron chi connectivity index (χ2n) is 3.38. The van der Waals surface area contributed by atoms with Crippen LogP contribution in [-0.4, -0.2) is 13.1 Å². The van der Waals surface area contributed by atoms with E-state index in [1.807, 2.05) is 40.8 Å². The summed E-state index contributed by atoms with van der Waals surface area (Å²) in [5.74, 6) is 0. The Morgan fingerprint density at radius 3 is 2.29 bits per heavy atom. The fourth-order valence-electron chi connectivity index (χ4n) is 1.81. The van der Waals surface area contributed by atoms with Gasteiger partial charge < -0.3 is 5.32 Å². The average Bonchev–Trinajstić information content (AvgIpc) is 2.82. The molecular formula is C16H31N. The molecule has 0 heterocycles. The number of likely N-dealkylation sites (N-methyl/N-ethyl adjacent to an activating group) is 1. The molecule has 0 bridgehead atoms. The Bertz CT molecular complexity index is 236. The molecule has 0 amide bonds. The van der Waals surface area contributed by atoms with Crippen LogP contribution in [-0.2, 0) is 0 Å². The van der Waals surface area contributed by atoms with Crippen LogP contribution in [0.25, 0.3) is 0 Å². The van der Waals surface area contributed by atoms with Crippen LogP contribution in [0.1, 0.15) is 53.9 Å². The molecule has 1 nitrogen and oxygen atoms in total. The third kappa shape index (κ3) is 6.48. The standard InChI is InChI=1S/C12H19N.2C2H6/c1-4-6-7-11-10(5-2)8-9-12(11)13-3;2*1-2/h5-7,12-13H,2,4,8-9H2,1,3H3;2*1-2H3/b7-6-;;. The minimum absolute atomic E-state index is 0.538. The van der Waals surface area contributed by atoms with Gasteiger partial charge in [0.15, 0.2) is 0 Å². The summed E-state index contributed by atoms with van der Waals surface area (Å²) in [6, 6.07) is 0.538. The molecule has 0 radical (unpaired) electrons. The number of nitrogens with one attached hydrogen (secondary N) is 1. The van der Waals surface area contributed by atoms with Gasteiger partial charge in [0.2, 0.25) is 0 Å². The molecule has 0 aliphatic heterocycles. The molecule has 0 spiro atoms. The summed E-state index contributed by atoms with van der Waals surface area (Å²) in [6.07, 6.45) is 9.93. The Balaban J connectivity index is 0. The molecule has 0 aromatic carbocycles. The number of hydrogen-bond donors (Lipinski definition) is 1. The summed E-state index contributed by atoms with van der Waals surface area (Å²) < 4.78 is 0. The van der Waals surface area contributed by atoms with Gasteiger partial charge in [0.05, 0.1) is 0 Å². The van der Waals surface area contributed by atoms with Crippen molar-refractivity contribution in [1.29, 1.82) is 0 Å². The van der Waals surface area contributed by atoms with E-state index in [-0.39, 0.29) is 0 Å². The minimum atomic E-state index is 0.538. The Hall–Kier alpha value is -0.820. The summed E-state index contributed by atoms with van der Waals surface area (Å²) >= 11 is 0. The number of hydrogen-bond acceptors (Lipinski definition) is 1. The van der Waals surface area contributed by atoms with Gasteiger partial charge in [-0.2, -0.15) is 0 Å². The minimum Gasteiger partial charge on any atom is -0.313 e. The Morgan fingerprint density at radius 1 is 1.29 bits per heavy atom. The van der Waals surface area contributed by atoms with Gasteiger partial charge in [0, 0.05) is 6.04 Å². The lowest BCUT2D eigenvalue weighted by atomic mass is 10.1. The zero-order chi connectivity index (χ0) is 13.7. The molecule has 1 N–H and O–H groups in total. The van der Waals surface area contributed by atoms with Crippen molar-refractivity contribution in [3.63, 3.8) is 0 Å². The van der Waals surface area contributed by atoms with Gasteiger partial charge in [-0.05, 0) is 37.5 Å². The van der Waals surface area contributed by atoms with E-state index in [1.54, 1.807) is 0 Å². The molecule has 0 saturated heterocycles. The maximum Gasteiger partial charge on any atom is 0.0323 e. The predicted octanol–water partition coefficient (Wildman–Crippen LogP) is 4.87. The molecule has 0 fully saturated rings. The first-order valence-corrected chi connectivity index (χ1v) is 7.02. The van der Waals surface area contributed by atoms with Crippen LogP contribution < -0.4 is 5.32 Å². The molecule has 0 aromatic rings. The van der Waals surface area contributed by atoms with E-state index in [4.69, 9.17) is 0 Å². The first-order valence-electron chi connectivity index (χ1n) is 7.02. The van der Waals surface area contributed by atoms with Crippen LogP contribution in [0.2, 0.25) is 0 Å². The van der Waals surface area contributed by atoms with Gasteiger partial charge in [-0.3, -0.25) is 0 Å². The third-order valence-electron chi connectivity index (χ3n) is 2.58. The van der Waals surface area contributed by atoms with Gasteiger partial charge in [0.25, 0.3) is 0 Å². The Labute approximate surface area is 109 Å². The first kappa shape index (κ1) is 18.5. The summed E-state index contributed by atoms with van der Waals surface area (Å²) in [4.78, 5) is 0. The van der Waals surface area contributed by atoms with Crippen molar-refractivity contribution in [2.75, 3.05) is 7.05 Å². The lowest BCUT2D eigenvalue weighted by molar-refractivity contribution is 0.635. The van der Waals surface area contributed by atoms with Crippen molar-refractivity contribution < 1.29 is 0 Å². The van der Waals surface area contributed by atoms with Crippen molar-refractivity contribution in [3.8, 4) is 0 Å². The van der Waals surface area contributed by atoms with Crippen LogP contribution in [0.3, 0.4) is 0 Å². The van der Waals surface area contributed by atoms with E-state index in [0.29, 0.717) is 6.04 Å². The maximum absolute atomic E-state index is 3.85. The highest BCUT2D eigenvalue weighted by Gasteiger charge is 2.19. The van der Waals surface area contributed by atoms with Crippen molar-refractivity contribution in [2.24, 2.45) is 0 Å². The van der Waals surface area contributed by atoms with Crippen LogP contribution in [0.5, 0.6) is 0 Å². The summed E-state index contributed by atoms with van der Waals surface area (Å²) in [6.45, 7) is 14.0. The van der Waals surface area contributed by atoms with E-state index in [9.17, 15) is 0 Å². The highest BCUT2D eigenvalue weighted by Crippen LogP contribution is 2.27. The van der Waals surface area contributed by atoms with E-state index in [2.05, 4.69) is 31.0 Å². The SMILES string of the molecule is C=CC1=C(/C=C\CC)C(NC)CC1.CC.CC. The van der Waals surface area contributed by atoms with Crippen LogP contribution in [0.4, 0.5) is 0 Å². The highest BCUT2D eigenvalue weighted by atomic mass is 14.9. The Morgan fingerprint density at radius 2 is 1.88 bits per heavy atom. The van der Waals surface area contributed by atoms with Gasteiger partial charge >= 0.3 is 0 Å².